The molecule has 2 heterocycles. The average Bonchev–Trinajstić information content (AvgIpc) is 3.05. The number of nitrogens with one attached hydrogen (secondary N) is 1. The van der Waals surface area contributed by atoms with E-state index in [-0.39, 0.29) is 17.5 Å². The summed E-state index contributed by atoms with van der Waals surface area (Å²) in [4.78, 5) is 1.70. The summed E-state index contributed by atoms with van der Waals surface area (Å²) in [5.74, 6) is 0. The third kappa shape index (κ3) is 3.12. The van der Waals surface area contributed by atoms with E-state index in [1.54, 1.807) is 12.3 Å². The number of aliphatic hydroxyl groups excluding tert-OH is 1. The normalized spacial score (nSPS) is 13.6. The van der Waals surface area contributed by atoms with Crippen molar-refractivity contribution in [1.29, 1.82) is 0 Å². The second kappa shape index (κ2) is 6.36. The van der Waals surface area contributed by atoms with Gasteiger partial charge in [-0.25, -0.2) is 13.1 Å². The van der Waals surface area contributed by atoms with Crippen LogP contribution >= 0.6 is 22.7 Å². The SMILES string of the molecule is CCC(NS(=O)(=O)c1c(C)csc1CO)c1cccs1. The maximum Gasteiger partial charge on any atom is 0.242 e. The molecule has 0 fully saturated rings. The summed E-state index contributed by atoms with van der Waals surface area (Å²) in [7, 11) is -3.62. The van der Waals surface area contributed by atoms with Crippen LogP contribution in [0.2, 0.25) is 0 Å². The van der Waals surface area contributed by atoms with E-state index in [1.807, 2.05) is 24.4 Å². The van der Waals surface area contributed by atoms with Crippen molar-refractivity contribution in [2.45, 2.75) is 37.8 Å². The maximum absolute atomic E-state index is 12.5. The standard InChI is InChI=1S/C13H17NO3S3/c1-3-10(11-5-4-6-18-11)14-20(16,17)13-9(2)8-19-12(13)7-15/h4-6,8,10,14-15H,3,7H2,1-2H3. The molecule has 20 heavy (non-hydrogen) atoms. The first-order valence-corrected chi connectivity index (χ1v) is 9.47. The molecule has 0 aliphatic rings. The third-order valence-corrected chi connectivity index (χ3v) is 6.90. The Morgan fingerprint density at radius 3 is 2.70 bits per heavy atom. The summed E-state index contributed by atoms with van der Waals surface area (Å²) >= 11 is 2.80. The van der Waals surface area contributed by atoms with Gasteiger partial charge in [0.05, 0.1) is 17.5 Å². The van der Waals surface area contributed by atoms with Gasteiger partial charge in [0.2, 0.25) is 10.0 Å². The van der Waals surface area contributed by atoms with E-state index in [0.29, 0.717) is 16.9 Å². The molecule has 0 bridgehead atoms. The van der Waals surface area contributed by atoms with Crippen LogP contribution in [0.25, 0.3) is 0 Å². The van der Waals surface area contributed by atoms with E-state index in [1.165, 1.54) is 22.7 Å². The highest BCUT2D eigenvalue weighted by molar-refractivity contribution is 7.89. The van der Waals surface area contributed by atoms with Gasteiger partial charge < -0.3 is 5.11 Å². The Kier molecular flexibility index (Phi) is 4.98. The first-order chi connectivity index (χ1) is 9.49. The molecular weight excluding hydrogens is 314 g/mol. The molecule has 1 unspecified atom stereocenters. The topological polar surface area (TPSA) is 66.4 Å². The molecule has 110 valence electrons. The molecule has 0 radical (unpaired) electrons. The number of rotatable bonds is 6. The van der Waals surface area contributed by atoms with Crippen LogP contribution in [0.15, 0.2) is 27.8 Å². The summed E-state index contributed by atoms with van der Waals surface area (Å²) in [6, 6.07) is 3.60. The minimum absolute atomic E-state index is 0.222. The van der Waals surface area contributed by atoms with E-state index < -0.39 is 10.0 Å². The highest BCUT2D eigenvalue weighted by atomic mass is 32.2. The number of aliphatic hydroxyl groups is 1. The van der Waals surface area contributed by atoms with Crippen molar-refractivity contribution < 1.29 is 13.5 Å². The number of hydrogen-bond donors (Lipinski definition) is 2. The molecule has 2 aromatic rings. The fourth-order valence-electron chi connectivity index (χ4n) is 2.04. The van der Waals surface area contributed by atoms with Crippen LogP contribution in [0.1, 0.15) is 34.7 Å². The smallest absolute Gasteiger partial charge is 0.242 e. The quantitative estimate of drug-likeness (QED) is 0.855. The van der Waals surface area contributed by atoms with Crippen molar-refractivity contribution >= 4 is 32.7 Å². The van der Waals surface area contributed by atoms with Gasteiger partial charge in [-0.3, -0.25) is 0 Å². The molecule has 4 nitrogen and oxygen atoms in total. The van der Waals surface area contributed by atoms with Crippen LogP contribution in [0, 0.1) is 6.92 Å². The molecule has 0 saturated heterocycles. The van der Waals surface area contributed by atoms with Gasteiger partial charge in [0, 0.05) is 4.88 Å². The number of sulfonamides is 1. The van der Waals surface area contributed by atoms with Crippen molar-refractivity contribution in [3.8, 4) is 0 Å². The largest absolute Gasteiger partial charge is 0.391 e. The third-order valence-electron chi connectivity index (χ3n) is 2.99. The zero-order valence-electron chi connectivity index (χ0n) is 11.3. The van der Waals surface area contributed by atoms with Gasteiger partial charge >= 0.3 is 0 Å². The average molecular weight is 331 g/mol. The molecule has 7 heteroatoms. The van der Waals surface area contributed by atoms with Crippen LogP contribution in [0.4, 0.5) is 0 Å². The zero-order chi connectivity index (χ0) is 14.8. The minimum atomic E-state index is -3.62. The van der Waals surface area contributed by atoms with E-state index in [2.05, 4.69) is 4.72 Å². The minimum Gasteiger partial charge on any atom is -0.391 e. The number of aryl methyl sites for hydroxylation is 1. The Hall–Kier alpha value is -0.730. The molecule has 0 saturated carbocycles. The lowest BCUT2D eigenvalue weighted by molar-refractivity contribution is 0.282. The summed E-state index contributed by atoms with van der Waals surface area (Å²) < 4.78 is 27.8. The van der Waals surface area contributed by atoms with E-state index >= 15 is 0 Å². The Morgan fingerprint density at radius 2 is 2.15 bits per heavy atom. The van der Waals surface area contributed by atoms with Crippen molar-refractivity contribution in [3.05, 3.63) is 38.2 Å². The predicted molar refractivity (Wildman–Crippen MR) is 82.7 cm³/mol. The lowest BCUT2D eigenvalue weighted by atomic mass is 10.2. The lowest BCUT2D eigenvalue weighted by Gasteiger charge is -2.16. The van der Waals surface area contributed by atoms with Crippen molar-refractivity contribution in [1.82, 2.24) is 4.72 Å². The molecule has 0 aliphatic carbocycles. The predicted octanol–water partition coefficient (Wildman–Crippen LogP) is 3.04. The van der Waals surface area contributed by atoms with Crippen molar-refractivity contribution in [3.63, 3.8) is 0 Å². The first-order valence-electron chi connectivity index (χ1n) is 6.23. The van der Waals surface area contributed by atoms with E-state index in [9.17, 15) is 13.5 Å². The molecule has 0 spiro atoms. The monoisotopic (exact) mass is 331 g/mol. The van der Waals surface area contributed by atoms with Gasteiger partial charge in [-0.2, -0.15) is 0 Å². The fraction of sp³-hybridized carbons (Fsp3) is 0.385. The molecule has 1 atom stereocenters. The molecular formula is C13H17NO3S3. The molecule has 0 aromatic carbocycles. The second-order valence-electron chi connectivity index (χ2n) is 4.43. The molecule has 2 aromatic heterocycles. The van der Waals surface area contributed by atoms with Gasteiger partial charge in [0.25, 0.3) is 0 Å². The maximum atomic E-state index is 12.5. The van der Waals surface area contributed by atoms with E-state index in [0.717, 1.165) is 4.88 Å². The Balaban J connectivity index is 2.33. The van der Waals surface area contributed by atoms with Crippen molar-refractivity contribution in [2.24, 2.45) is 0 Å². The van der Waals surface area contributed by atoms with Crippen LogP contribution < -0.4 is 4.72 Å². The van der Waals surface area contributed by atoms with Crippen molar-refractivity contribution in [2.75, 3.05) is 0 Å². The van der Waals surface area contributed by atoms with Crippen LogP contribution in [-0.4, -0.2) is 13.5 Å². The van der Waals surface area contributed by atoms with Crippen LogP contribution in [-0.2, 0) is 16.6 Å². The molecule has 2 N–H and O–H groups in total. The number of hydrogen-bond acceptors (Lipinski definition) is 5. The summed E-state index contributed by atoms with van der Waals surface area (Å²) in [5.41, 5.74) is 0.674. The van der Waals surface area contributed by atoms with Gasteiger partial charge in [0.15, 0.2) is 0 Å². The van der Waals surface area contributed by atoms with Crippen LogP contribution in [0.3, 0.4) is 0 Å². The molecule has 0 amide bonds. The van der Waals surface area contributed by atoms with Gasteiger partial charge in [0.1, 0.15) is 4.90 Å². The lowest BCUT2D eigenvalue weighted by Crippen LogP contribution is -2.28. The zero-order valence-corrected chi connectivity index (χ0v) is 13.7. The Labute approximate surface area is 127 Å². The highest BCUT2D eigenvalue weighted by Gasteiger charge is 2.26. The summed E-state index contributed by atoms with van der Waals surface area (Å²) in [6.45, 7) is 3.43. The number of thiophene rings is 2. The van der Waals surface area contributed by atoms with E-state index in [4.69, 9.17) is 0 Å². The second-order valence-corrected chi connectivity index (χ2v) is 8.02. The fourth-order valence-corrected chi connectivity index (χ4v) is 5.93. The van der Waals surface area contributed by atoms with Gasteiger partial charge in [-0.05, 0) is 35.7 Å². The summed E-state index contributed by atoms with van der Waals surface area (Å²) in [6.07, 6.45) is 0.678. The molecule has 2 rings (SSSR count). The summed E-state index contributed by atoms with van der Waals surface area (Å²) in [5, 5.41) is 13.0. The first kappa shape index (κ1) is 15.7. The Bertz CT molecular complexity index is 659. The van der Waals surface area contributed by atoms with Gasteiger partial charge in [-0.15, -0.1) is 22.7 Å². The highest BCUT2D eigenvalue weighted by Crippen LogP contribution is 2.29. The Morgan fingerprint density at radius 1 is 1.40 bits per heavy atom. The van der Waals surface area contributed by atoms with Gasteiger partial charge in [-0.1, -0.05) is 13.0 Å². The van der Waals surface area contributed by atoms with Crippen LogP contribution in [0.5, 0.6) is 0 Å². The molecule has 0 aliphatic heterocycles.